The van der Waals surface area contributed by atoms with Gasteiger partial charge in [-0.3, -0.25) is 14.9 Å². The number of anilines is 1. The highest BCUT2D eigenvalue weighted by Crippen LogP contribution is 2.30. The Morgan fingerprint density at radius 3 is 3.04 bits per heavy atom. The average Bonchev–Trinajstić information content (AvgIpc) is 3.41. The number of thiophene rings is 1. The first kappa shape index (κ1) is 18.2. The molecule has 0 aliphatic carbocycles. The molecule has 0 spiro atoms. The highest BCUT2D eigenvalue weighted by molar-refractivity contribution is 7.16. The van der Waals surface area contributed by atoms with Crippen LogP contribution in [0.4, 0.5) is 5.13 Å². The zero-order chi connectivity index (χ0) is 18.8. The summed E-state index contributed by atoms with van der Waals surface area (Å²) < 4.78 is 3.95. The molecular formula is C17H17N5O2S3. The Balaban J connectivity index is 1.47. The van der Waals surface area contributed by atoms with Gasteiger partial charge in [-0.05, 0) is 29.4 Å². The molecule has 0 atom stereocenters. The lowest BCUT2D eigenvalue weighted by Crippen LogP contribution is -2.35. The van der Waals surface area contributed by atoms with Gasteiger partial charge >= 0.3 is 0 Å². The van der Waals surface area contributed by atoms with Crippen LogP contribution in [0.1, 0.15) is 49.6 Å². The van der Waals surface area contributed by atoms with Crippen molar-refractivity contribution in [2.24, 2.45) is 0 Å². The molecule has 7 nitrogen and oxygen atoms in total. The van der Waals surface area contributed by atoms with Crippen LogP contribution in [0.3, 0.4) is 0 Å². The van der Waals surface area contributed by atoms with Crippen molar-refractivity contribution < 1.29 is 9.59 Å². The third-order valence-electron chi connectivity index (χ3n) is 4.26. The monoisotopic (exact) mass is 419 g/mol. The Bertz CT molecular complexity index is 963. The minimum Gasteiger partial charge on any atom is -0.332 e. The van der Waals surface area contributed by atoms with E-state index >= 15 is 0 Å². The Morgan fingerprint density at radius 1 is 1.37 bits per heavy atom. The molecule has 140 valence electrons. The van der Waals surface area contributed by atoms with Crippen molar-refractivity contribution in [3.8, 4) is 0 Å². The second kappa shape index (κ2) is 7.83. The highest BCUT2D eigenvalue weighted by atomic mass is 32.1. The Kier molecular flexibility index (Phi) is 5.28. The molecule has 4 heterocycles. The average molecular weight is 420 g/mol. The van der Waals surface area contributed by atoms with E-state index in [1.807, 2.05) is 10.3 Å². The van der Waals surface area contributed by atoms with Crippen LogP contribution < -0.4 is 5.32 Å². The minimum absolute atomic E-state index is 0.0173. The van der Waals surface area contributed by atoms with Gasteiger partial charge in [0.2, 0.25) is 0 Å². The summed E-state index contributed by atoms with van der Waals surface area (Å²) in [5, 5.41) is 11.2. The SMILES string of the molecule is CCCc1nnsc1C(=O)N1CCc2nc(NC(=O)c3ccsc3)sc2C1. The lowest BCUT2D eigenvalue weighted by atomic mass is 10.1. The highest BCUT2D eigenvalue weighted by Gasteiger charge is 2.28. The fourth-order valence-electron chi connectivity index (χ4n) is 2.90. The van der Waals surface area contributed by atoms with E-state index in [9.17, 15) is 9.59 Å². The molecule has 4 rings (SSSR count). The van der Waals surface area contributed by atoms with Gasteiger partial charge in [0.15, 0.2) is 5.13 Å². The van der Waals surface area contributed by atoms with E-state index in [0.717, 1.165) is 40.6 Å². The second-order valence-electron chi connectivity index (χ2n) is 6.13. The number of amides is 2. The summed E-state index contributed by atoms with van der Waals surface area (Å²) in [6.07, 6.45) is 2.37. The predicted octanol–water partition coefficient (Wildman–Crippen LogP) is 3.46. The second-order valence-corrected chi connectivity index (χ2v) is 8.75. The van der Waals surface area contributed by atoms with Gasteiger partial charge in [-0.25, -0.2) is 4.98 Å². The molecule has 0 bridgehead atoms. The van der Waals surface area contributed by atoms with Crippen LogP contribution in [-0.4, -0.2) is 37.8 Å². The zero-order valence-electron chi connectivity index (χ0n) is 14.6. The maximum atomic E-state index is 12.9. The van der Waals surface area contributed by atoms with E-state index in [4.69, 9.17) is 0 Å². The van der Waals surface area contributed by atoms with Crippen LogP contribution in [-0.2, 0) is 19.4 Å². The van der Waals surface area contributed by atoms with Gasteiger partial charge in [-0.15, -0.1) is 5.10 Å². The van der Waals surface area contributed by atoms with Crippen molar-refractivity contribution in [2.45, 2.75) is 32.7 Å². The number of carbonyl (C=O) groups is 2. The van der Waals surface area contributed by atoms with Gasteiger partial charge in [0.1, 0.15) is 4.88 Å². The first-order valence-corrected chi connectivity index (χ1v) is 11.1. The quantitative estimate of drug-likeness (QED) is 0.684. The van der Waals surface area contributed by atoms with Gasteiger partial charge in [-0.2, -0.15) is 11.3 Å². The summed E-state index contributed by atoms with van der Waals surface area (Å²) in [5.41, 5.74) is 2.37. The molecule has 3 aromatic heterocycles. The maximum Gasteiger partial charge on any atom is 0.267 e. The lowest BCUT2D eigenvalue weighted by molar-refractivity contribution is 0.0739. The zero-order valence-corrected chi connectivity index (χ0v) is 17.0. The van der Waals surface area contributed by atoms with E-state index in [-0.39, 0.29) is 11.8 Å². The van der Waals surface area contributed by atoms with Gasteiger partial charge in [0, 0.05) is 23.2 Å². The Hall–Kier alpha value is -2.17. The molecule has 0 fully saturated rings. The number of aryl methyl sites for hydroxylation is 1. The molecule has 27 heavy (non-hydrogen) atoms. The van der Waals surface area contributed by atoms with E-state index in [2.05, 4.69) is 26.8 Å². The predicted molar refractivity (Wildman–Crippen MR) is 107 cm³/mol. The number of hydrogen-bond donors (Lipinski definition) is 1. The fraction of sp³-hybridized carbons (Fsp3) is 0.353. The van der Waals surface area contributed by atoms with Crippen molar-refractivity contribution in [3.63, 3.8) is 0 Å². The Morgan fingerprint density at radius 2 is 2.26 bits per heavy atom. The summed E-state index contributed by atoms with van der Waals surface area (Å²) in [6.45, 7) is 3.17. The normalized spacial score (nSPS) is 13.4. The maximum absolute atomic E-state index is 12.9. The first-order chi connectivity index (χ1) is 13.2. The molecule has 1 N–H and O–H groups in total. The molecular weight excluding hydrogens is 402 g/mol. The number of nitrogens with one attached hydrogen (secondary N) is 1. The first-order valence-electron chi connectivity index (χ1n) is 8.58. The number of thiazole rings is 1. The van der Waals surface area contributed by atoms with Gasteiger partial charge < -0.3 is 4.90 Å². The molecule has 3 aromatic rings. The van der Waals surface area contributed by atoms with Crippen LogP contribution in [0.25, 0.3) is 0 Å². The van der Waals surface area contributed by atoms with Crippen molar-refractivity contribution in [1.29, 1.82) is 0 Å². The van der Waals surface area contributed by atoms with Crippen LogP contribution in [0.15, 0.2) is 16.8 Å². The summed E-state index contributed by atoms with van der Waals surface area (Å²) in [5.74, 6) is -0.174. The third kappa shape index (κ3) is 3.78. The van der Waals surface area contributed by atoms with Gasteiger partial charge in [-0.1, -0.05) is 29.2 Å². The lowest BCUT2D eigenvalue weighted by Gasteiger charge is -2.25. The van der Waals surface area contributed by atoms with Crippen LogP contribution >= 0.6 is 34.2 Å². The van der Waals surface area contributed by atoms with Crippen molar-refractivity contribution in [2.75, 3.05) is 11.9 Å². The summed E-state index contributed by atoms with van der Waals surface area (Å²) >= 11 is 4.08. The van der Waals surface area contributed by atoms with Gasteiger partial charge in [0.05, 0.1) is 23.5 Å². The van der Waals surface area contributed by atoms with E-state index < -0.39 is 0 Å². The molecule has 0 saturated heterocycles. The van der Waals surface area contributed by atoms with Crippen molar-refractivity contribution >= 4 is 51.2 Å². The van der Waals surface area contributed by atoms with Crippen molar-refractivity contribution in [3.05, 3.63) is 43.5 Å². The Labute approximate surface area is 168 Å². The molecule has 1 aliphatic heterocycles. The van der Waals surface area contributed by atoms with E-state index in [1.54, 1.807) is 11.4 Å². The largest absolute Gasteiger partial charge is 0.332 e. The van der Waals surface area contributed by atoms with Crippen LogP contribution in [0.5, 0.6) is 0 Å². The number of nitrogens with zero attached hydrogens (tertiary/aromatic N) is 4. The molecule has 0 saturated carbocycles. The standard InChI is InChI=1S/C17H17N5O2S3/c1-2-3-12-14(27-21-20-12)16(24)22-6-4-11-13(8-22)26-17(18-11)19-15(23)10-5-7-25-9-10/h5,7,9H,2-4,6,8H2,1H3,(H,18,19,23). The number of fused-ring (bicyclic) bond motifs is 1. The molecule has 2 amide bonds. The number of aromatic nitrogens is 3. The number of carbonyl (C=O) groups excluding carboxylic acids is 2. The van der Waals surface area contributed by atoms with Gasteiger partial charge in [0.25, 0.3) is 11.8 Å². The van der Waals surface area contributed by atoms with Crippen molar-refractivity contribution in [1.82, 2.24) is 19.5 Å². The van der Waals surface area contributed by atoms with Crippen LogP contribution in [0, 0.1) is 0 Å². The molecule has 0 aromatic carbocycles. The van der Waals surface area contributed by atoms with E-state index in [0.29, 0.717) is 35.1 Å². The molecule has 1 aliphatic rings. The molecule has 10 heteroatoms. The third-order valence-corrected chi connectivity index (χ3v) is 6.70. The fourth-order valence-corrected chi connectivity index (χ4v) is 5.23. The summed E-state index contributed by atoms with van der Waals surface area (Å²) in [4.78, 5) is 33.1. The number of hydrogen-bond acceptors (Lipinski definition) is 8. The van der Waals surface area contributed by atoms with E-state index in [1.165, 1.54) is 22.7 Å². The molecule has 0 unspecified atom stereocenters. The summed E-state index contributed by atoms with van der Waals surface area (Å²) in [7, 11) is 0. The van der Waals surface area contributed by atoms with Crippen LogP contribution in [0.2, 0.25) is 0 Å². The summed E-state index contributed by atoms with van der Waals surface area (Å²) in [6, 6.07) is 1.78. The minimum atomic E-state index is -0.157. The topological polar surface area (TPSA) is 88.1 Å². The number of rotatable bonds is 5. The molecule has 0 radical (unpaired) electrons. The smallest absolute Gasteiger partial charge is 0.267 e.